The second-order valence-electron chi connectivity index (χ2n) is 0.660. The molecule has 0 rings (SSSR count). The predicted octanol–water partition coefficient (Wildman–Crippen LogP) is 0.392. The Bertz CT molecular complexity index is 81.5. The molecule has 0 unspecified atom stereocenters. The molecule has 0 bridgehead atoms. The normalized spacial score (nSPS) is 6.67. The van der Waals surface area contributed by atoms with Crippen molar-refractivity contribution in [2.24, 2.45) is 0 Å². The molecule has 0 aromatic rings. The van der Waals surface area contributed by atoms with Crippen LogP contribution in [0.5, 0.6) is 0 Å². The maximum absolute atomic E-state index is 9.47. The van der Waals surface area contributed by atoms with E-state index in [0.717, 1.165) is 0 Å². The lowest BCUT2D eigenvalue weighted by atomic mass is 10.5. The molecule has 1 radical (unpaired) electrons. The first-order valence-electron chi connectivity index (χ1n) is 1.48. The van der Waals surface area contributed by atoms with Gasteiger partial charge in [0.2, 0.25) is 0 Å². The highest BCUT2D eigenvalue weighted by atomic mass is 32.1. The van der Waals surface area contributed by atoms with Gasteiger partial charge in [0.25, 0.3) is 0 Å². The smallest absolute Gasteiger partial charge is 0.0847 e. The Kier molecular flexibility index (Phi) is 4.34. The molecule has 0 fully saturated rings. The van der Waals surface area contributed by atoms with Gasteiger partial charge in [0, 0.05) is 11.8 Å². The van der Waals surface area contributed by atoms with Crippen molar-refractivity contribution in [2.45, 2.75) is 0 Å². The van der Waals surface area contributed by atoms with Crippen LogP contribution in [0.4, 0.5) is 0 Å². The standard InChI is InChI=1S/C4H5OS/c1-2-3-4-6-5/h2-4H,1H2. The summed E-state index contributed by atoms with van der Waals surface area (Å²) >= 11 is 0.424. The molecule has 0 aliphatic rings. The van der Waals surface area contributed by atoms with Crippen molar-refractivity contribution in [1.82, 2.24) is 0 Å². The first-order chi connectivity index (χ1) is 2.91. The Balaban J connectivity index is 3.07. The van der Waals surface area contributed by atoms with Crippen molar-refractivity contribution in [3.05, 3.63) is 19.1 Å². The van der Waals surface area contributed by atoms with Crippen LogP contribution in [-0.2, 0) is 11.3 Å². The quantitative estimate of drug-likeness (QED) is 0.460. The van der Waals surface area contributed by atoms with E-state index in [1.54, 1.807) is 12.5 Å². The van der Waals surface area contributed by atoms with Crippen LogP contribution in [0.25, 0.3) is 0 Å². The highest BCUT2D eigenvalue weighted by molar-refractivity contribution is 7.65. The summed E-state index contributed by atoms with van der Waals surface area (Å²) in [5.74, 6) is 0. The van der Waals surface area contributed by atoms with E-state index in [1.165, 1.54) is 5.37 Å². The average Bonchev–Trinajstić information content (AvgIpc) is 1.61. The first kappa shape index (κ1) is 5.63. The van der Waals surface area contributed by atoms with Gasteiger partial charge < -0.3 is 0 Å². The first-order valence-corrected chi connectivity index (χ1v) is 2.28. The van der Waals surface area contributed by atoms with Crippen LogP contribution in [-0.4, -0.2) is 9.58 Å². The zero-order chi connectivity index (χ0) is 4.83. The molecule has 0 aliphatic carbocycles. The molecule has 0 aliphatic heterocycles. The van der Waals surface area contributed by atoms with Crippen molar-refractivity contribution in [3.8, 4) is 0 Å². The lowest BCUT2D eigenvalue weighted by Gasteiger charge is -1.61. The van der Waals surface area contributed by atoms with Gasteiger partial charge in [-0.25, -0.2) is 4.21 Å². The maximum Gasteiger partial charge on any atom is 0.0847 e. The lowest BCUT2D eigenvalue weighted by molar-refractivity contribution is 0.701. The third-order valence-electron chi connectivity index (χ3n) is 0.270. The molecule has 0 saturated carbocycles. The fraction of sp³-hybridized carbons (Fsp3) is 0. The van der Waals surface area contributed by atoms with Crippen LogP contribution in [0.3, 0.4) is 0 Å². The van der Waals surface area contributed by atoms with Gasteiger partial charge in [0.15, 0.2) is 0 Å². The molecular formula is C4H5OS. The van der Waals surface area contributed by atoms with Crippen LogP contribution < -0.4 is 0 Å². The molecule has 0 amide bonds. The van der Waals surface area contributed by atoms with Crippen molar-refractivity contribution < 1.29 is 4.21 Å². The summed E-state index contributed by atoms with van der Waals surface area (Å²) in [7, 11) is 0. The Hall–Kier alpha value is -0.370. The van der Waals surface area contributed by atoms with Crippen LogP contribution in [0, 0.1) is 6.42 Å². The van der Waals surface area contributed by atoms with E-state index < -0.39 is 0 Å². The van der Waals surface area contributed by atoms with Crippen LogP contribution in [0.15, 0.2) is 12.7 Å². The minimum atomic E-state index is 0.424. The largest absolute Gasteiger partial charge is 0.213 e. The monoisotopic (exact) mass is 101 g/mol. The van der Waals surface area contributed by atoms with Crippen LogP contribution in [0.1, 0.15) is 0 Å². The van der Waals surface area contributed by atoms with Gasteiger partial charge in [-0.1, -0.05) is 6.08 Å². The zero-order valence-corrected chi connectivity index (χ0v) is 4.07. The van der Waals surface area contributed by atoms with Gasteiger partial charge in [-0.2, -0.15) is 0 Å². The van der Waals surface area contributed by atoms with E-state index >= 15 is 0 Å². The fourth-order valence-electron chi connectivity index (χ4n) is 0.0876. The van der Waals surface area contributed by atoms with Crippen molar-refractivity contribution in [2.75, 3.05) is 0 Å². The number of hydrogen-bond donors (Lipinski definition) is 0. The average molecular weight is 101 g/mol. The molecule has 6 heavy (non-hydrogen) atoms. The van der Waals surface area contributed by atoms with Crippen molar-refractivity contribution >= 4 is 16.6 Å². The molecule has 2 heteroatoms. The summed E-state index contributed by atoms with van der Waals surface area (Å²) in [4.78, 5) is 0. The highest BCUT2D eigenvalue weighted by Gasteiger charge is 1.60. The fourth-order valence-corrected chi connectivity index (χ4v) is 0.263. The van der Waals surface area contributed by atoms with E-state index in [-0.39, 0.29) is 0 Å². The van der Waals surface area contributed by atoms with E-state index in [9.17, 15) is 4.21 Å². The van der Waals surface area contributed by atoms with E-state index in [0.29, 0.717) is 11.3 Å². The molecular weight excluding hydrogens is 96.1 g/mol. The Labute approximate surface area is 40.8 Å². The number of allylic oxidation sites excluding steroid dienone is 1. The van der Waals surface area contributed by atoms with E-state index in [1.807, 2.05) is 0 Å². The van der Waals surface area contributed by atoms with Gasteiger partial charge in [0.1, 0.15) is 0 Å². The molecule has 0 N–H and O–H groups in total. The predicted molar refractivity (Wildman–Crippen MR) is 28.7 cm³/mol. The van der Waals surface area contributed by atoms with E-state index in [2.05, 4.69) is 6.58 Å². The Morgan fingerprint density at radius 1 is 1.67 bits per heavy atom. The van der Waals surface area contributed by atoms with Crippen molar-refractivity contribution in [1.29, 1.82) is 0 Å². The van der Waals surface area contributed by atoms with Crippen LogP contribution in [0.2, 0.25) is 0 Å². The minimum Gasteiger partial charge on any atom is -0.213 e. The lowest BCUT2D eigenvalue weighted by Crippen LogP contribution is -1.63. The molecule has 33 valence electrons. The summed E-state index contributed by atoms with van der Waals surface area (Å²) in [5, 5.41) is 1.42. The van der Waals surface area contributed by atoms with Gasteiger partial charge in [-0.15, -0.1) is 6.58 Å². The molecule has 0 heterocycles. The van der Waals surface area contributed by atoms with E-state index in [4.69, 9.17) is 0 Å². The Morgan fingerprint density at radius 2 is 2.33 bits per heavy atom. The highest BCUT2D eigenvalue weighted by Crippen LogP contribution is 1.62. The van der Waals surface area contributed by atoms with Gasteiger partial charge in [-0.3, -0.25) is 0 Å². The molecule has 0 aromatic carbocycles. The third-order valence-corrected chi connectivity index (χ3v) is 0.538. The molecule has 0 aromatic heterocycles. The molecule has 0 saturated heterocycles. The second-order valence-corrected chi connectivity index (χ2v) is 1.13. The third kappa shape index (κ3) is 3.63. The van der Waals surface area contributed by atoms with Gasteiger partial charge >= 0.3 is 0 Å². The Morgan fingerprint density at radius 3 is 2.50 bits per heavy atom. The summed E-state index contributed by atoms with van der Waals surface area (Å²) in [6, 6.07) is 0. The van der Waals surface area contributed by atoms with Gasteiger partial charge in [0.05, 0.1) is 11.3 Å². The SMILES string of the molecule is C=C[CH]C=S=O. The second kappa shape index (κ2) is 4.63. The van der Waals surface area contributed by atoms with Crippen LogP contribution >= 0.6 is 0 Å². The topological polar surface area (TPSA) is 17.1 Å². The summed E-state index contributed by atoms with van der Waals surface area (Å²) in [5.41, 5.74) is 0. The minimum absolute atomic E-state index is 0.424. The zero-order valence-electron chi connectivity index (χ0n) is 3.26. The van der Waals surface area contributed by atoms with Crippen molar-refractivity contribution in [3.63, 3.8) is 0 Å². The number of rotatable bonds is 2. The molecule has 0 spiro atoms. The number of hydrogen-bond acceptors (Lipinski definition) is 1. The summed E-state index contributed by atoms with van der Waals surface area (Å²) < 4.78 is 9.47. The summed E-state index contributed by atoms with van der Waals surface area (Å²) in [6.07, 6.45) is 3.16. The van der Waals surface area contributed by atoms with Gasteiger partial charge in [-0.05, 0) is 0 Å². The molecule has 1 nitrogen and oxygen atoms in total. The molecule has 0 atom stereocenters. The summed E-state index contributed by atoms with van der Waals surface area (Å²) in [6.45, 7) is 3.36. The maximum atomic E-state index is 9.47.